The van der Waals surface area contributed by atoms with Crippen LogP contribution < -0.4 is 15.0 Å². The van der Waals surface area contributed by atoms with E-state index >= 15 is 0 Å². The molecule has 0 aliphatic carbocycles. The van der Waals surface area contributed by atoms with Gasteiger partial charge in [-0.1, -0.05) is 13.8 Å². The fourth-order valence-electron chi connectivity index (χ4n) is 3.89. The van der Waals surface area contributed by atoms with Crippen molar-refractivity contribution in [3.63, 3.8) is 0 Å². The zero-order valence-corrected chi connectivity index (χ0v) is 20.3. The van der Waals surface area contributed by atoms with Gasteiger partial charge >= 0.3 is 0 Å². The van der Waals surface area contributed by atoms with Crippen molar-refractivity contribution >= 4 is 23.2 Å². The Hall–Kier alpha value is -3.06. The van der Waals surface area contributed by atoms with Gasteiger partial charge in [-0.2, -0.15) is 0 Å². The van der Waals surface area contributed by atoms with Crippen LogP contribution in [0.3, 0.4) is 0 Å². The zero-order chi connectivity index (χ0) is 24.0. The topological polar surface area (TPSA) is 71.1 Å². The molecule has 1 fully saturated rings. The third-order valence-corrected chi connectivity index (χ3v) is 5.79. The number of carbonyl (C=O) groups excluding carboxylic acids is 2. The van der Waals surface area contributed by atoms with Crippen molar-refractivity contribution in [2.75, 3.05) is 44.6 Å². The van der Waals surface area contributed by atoms with Crippen molar-refractivity contribution in [2.45, 2.75) is 39.3 Å². The molecular formula is C26H35N3O4. The van der Waals surface area contributed by atoms with Gasteiger partial charge in [-0.05, 0) is 60.9 Å². The second-order valence-corrected chi connectivity index (χ2v) is 8.93. The van der Waals surface area contributed by atoms with Crippen LogP contribution in [0.15, 0.2) is 42.5 Å². The lowest BCUT2D eigenvalue weighted by atomic mass is 10.1. The molecule has 1 aliphatic heterocycles. The Kier molecular flexibility index (Phi) is 8.33. The van der Waals surface area contributed by atoms with Crippen molar-refractivity contribution < 1.29 is 19.1 Å². The van der Waals surface area contributed by atoms with E-state index in [1.165, 1.54) is 0 Å². The molecule has 1 atom stereocenters. The number of amides is 2. The second kappa shape index (κ2) is 11.2. The minimum absolute atomic E-state index is 0.0267. The third-order valence-electron chi connectivity index (χ3n) is 5.79. The molecule has 0 aromatic heterocycles. The molecule has 1 saturated heterocycles. The monoisotopic (exact) mass is 453 g/mol. The van der Waals surface area contributed by atoms with Gasteiger partial charge in [-0.15, -0.1) is 0 Å². The maximum absolute atomic E-state index is 13.5. The lowest BCUT2D eigenvalue weighted by molar-refractivity contribution is -0.118. The number of ether oxygens (including phenoxy) is 2. The first-order chi connectivity index (χ1) is 15.8. The average molecular weight is 454 g/mol. The molecule has 7 heteroatoms. The zero-order valence-electron chi connectivity index (χ0n) is 20.3. The highest BCUT2D eigenvalue weighted by Gasteiger charge is 2.25. The van der Waals surface area contributed by atoms with Crippen molar-refractivity contribution in [2.24, 2.45) is 5.92 Å². The van der Waals surface area contributed by atoms with Gasteiger partial charge in [0.2, 0.25) is 5.91 Å². The summed E-state index contributed by atoms with van der Waals surface area (Å²) in [5.41, 5.74) is 3.28. The van der Waals surface area contributed by atoms with Gasteiger partial charge in [0.05, 0.1) is 13.2 Å². The Bertz CT molecular complexity index is 951. The lowest BCUT2D eigenvalue weighted by Gasteiger charge is -2.28. The average Bonchev–Trinajstić information content (AvgIpc) is 3.31. The van der Waals surface area contributed by atoms with E-state index in [0.29, 0.717) is 24.4 Å². The van der Waals surface area contributed by atoms with E-state index in [-0.39, 0.29) is 23.8 Å². The van der Waals surface area contributed by atoms with Gasteiger partial charge in [-0.3, -0.25) is 9.59 Å². The highest BCUT2D eigenvalue weighted by molar-refractivity contribution is 5.95. The Balaban J connectivity index is 1.91. The van der Waals surface area contributed by atoms with Crippen LogP contribution in [0, 0.1) is 5.92 Å². The number of nitrogens with one attached hydrogen (secondary N) is 1. The van der Waals surface area contributed by atoms with Crippen LogP contribution in [0.25, 0.3) is 0 Å². The summed E-state index contributed by atoms with van der Waals surface area (Å²) in [7, 11) is 5.55. The molecule has 1 aliphatic rings. The smallest absolute Gasteiger partial charge is 0.254 e. The largest absolute Gasteiger partial charge is 0.497 e. The second-order valence-electron chi connectivity index (χ2n) is 8.93. The Morgan fingerprint density at radius 1 is 1.15 bits per heavy atom. The predicted octanol–water partition coefficient (Wildman–Crippen LogP) is 4.18. The molecule has 2 aromatic carbocycles. The molecule has 0 radical (unpaired) electrons. The summed E-state index contributed by atoms with van der Waals surface area (Å²) in [6.45, 7) is 5.38. The minimum Gasteiger partial charge on any atom is -0.497 e. The van der Waals surface area contributed by atoms with E-state index < -0.39 is 0 Å². The molecule has 0 spiro atoms. The number of carbonyl (C=O) groups is 2. The Morgan fingerprint density at radius 2 is 1.88 bits per heavy atom. The van der Waals surface area contributed by atoms with Crippen LogP contribution in [-0.2, 0) is 16.1 Å². The van der Waals surface area contributed by atoms with Crippen LogP contribution >= 0.6 is 0 Å². The lowest BCUT2D eigenvalue weighted by Crippen LogP contribution is -2.37. The molecule has 2 amide bonds. The minimum atomic E-state index is -0.116. The highest BCUT2D eigenvalue weighted by Crippen LogP contribution is 2.27. The molecule has 0 saturated carbocycles. The summed E-state index contributed by atoms with van der Waals surface area (Å²) in [6, 6.07) is 13.0. The van der Waals surface area contributed by atoms with Gasteiger partial charge in [0, 0.05) is 56.6 Å². The van der Waals surface area contributed by atoms with Crippen molar-refractivity contribution in [3.8, 4) is 5.75 Å². The first kappa shape index (κ1) is 24.6. The molecule has 178 valence electrons. The van der Waals surface area contributed by atoms with Gasteiger partial charge < -0.3 is 24.6 Å². The summed E-state index contributed by atoms with van der Waals surface area (Å²) in [6.07, 6.45) is 1.98. The normalized spacial score (nSPS) is 15.4. The summed E-state index contributed by atoms with van der Waals surface area (Å²) in [5, 5.41) is 2.97. The van der Waals surface area contributed by atoms with Crippen molar-refractivity contribution in [3.05, 3.63) is 53.6 Å². The van der Waals surface area contributed by atoms with E-state index in [1.807, 2.05) is 55.9 Å². The maximum atomic E-state index is 13.5. The van der Waals surface area contributed by atoms with Gasteiger partial charge in [0.1, 0.15) is 5.75 Å². The number of nitrogens with zero attached hydrogens (tertiary/aromatic N) is 2. The molecule has 1 heterocycles. The number of hydrogen-bond acceptors (Lipinski definition) is 5. The quantitative estimate of drug-likeness (QED) is 0.617. The predicted molar refractivity (Wildman–Crippen MR) is 131 cm³/mol. The van der Waals surface area contributed by atoms with Gasteiger partial charge in [-0.25, -0.2) is 0 Å². The molecule has 0 bridgehead atoms. The van der Waals surface area contributed by atoms with Crippen LogP contribution in [0.5, 0.6) is 5.75 Å². The molecule has 1 N–H and O–H groups in total. The molecule has 7 nitrogen and oxygen atoms in total. The Morgan fingerprint density at radius 3 is 2.45 bits per heavy atom. The van der Waals surface area contributed by atoms with Crippen LogP contribution in [0.4, 0.5) is 11.4 Å². The number of anilines is 2. The fraction of sp³-hybridized carbons (Fsp3) is 0.462. The van der Waals surface area contributed by atoms with E-state index in [1.54, 1.807) is 31.4 Å². The van der Waals surface area contributed by atoms with Crippen molar-refractivity contribution in [1.29, 1.82) is 0 Å². The fourth-order valence-corrected chi connectivity index (χ4v) is 3.89. The number of methoxy groups -OCH3 is 1. The van der Waals surface area contributed by atoms with E-state index in [2.05, 4.69) is 5.32 Å². The van der Waals surface area contributed by atoms with Gasteiger partial charge in [0.25, 0.3) is 5.91 Å². The third kappa shape index (κ3) is 6.48. The standard InChI is InChI=1S/C26H35N3O4/c1-18(2)25(30)27-21-10-13-24(28(3)4)20(15-21)16-29(17-23-7-6-14-33-23)26(31)19-8-11-22(32-5)12-9-19/h8-13,15,18,23H,6-7,14,16-17H2,1-5H3,(H,27,30)/t23-/m1/s1. The SMILES string of the molecule is COc1ccc(C(=O)N(Cc2cc(NC(=O)C(C)C)ccc2N(C)C)C[C@H]2CCCO2)cc1. The number of rotatable bonds is 9. The van der Waals surface area contributed by atoms with Crippen LogP contribution in [0.2, 0.25) is 0 Å². The van der Waals surface area contributed by atoms with Gasteiger partial charge in [0.15, 0.2) is 0 Å². The van der Waals surface area contributed by atoms with Crippen LogP contribution in [-0.4, -0.2) is 57.2 Å². The molecule has 33 heavy (non-hydrogen) atoms. The van der Waals surface area contributed by atoms with E-state index in [0.717, 1.165) is 36.4 Å². The first-order valence-corrected chi connectivity index (χ1v) is 11.4. The number of benzene rings is 2. The van der Waals surface area contributed by atoms with Crippen molar-refractivity contribution in [1.82, 2.24) is 4.90 Å². The maximum Gasteiger partial charge on any atom is 0.254 e. The van der Waals surface area contributed by atoms with E-state index in [4.69, 9.17) is 9.47 Å². The van der Waals surface area contributed by atoms with Crippen LogP contribution in [0.1, 0.15) is 42.6 Å². The Labute approximate surface area is 196 Å². The molecule has 3 rings (SSSR count). The first-order valence-electron chi connectivity index (χ1n) is 11.4. The molecule has 0 unspecified atom stereocenters. The summed E-state index contributed by atoms with van der Waals surface area (Å²) in [5.74, 6) is 0.494. The van der Waals surface area contributed by atoms with E-state index in [9.17, 15) is 9.59 Å². The summed E-state index contributed by atoms with van der Waals surface area (Å²) in [4.78, 5) is 29.6. The highest BCUT2D eigenvalue weighted by atomic mass is 16.5. The molecule has 2 aromatic rings. The summed E-state index contributed by atoms with van der Waals surface area (Å²) < 4.78 is 11.1. The number of hydrogen-bond donors (Lipinski definition) is 1. The summed E-state index contributed by atoms with van der Waals surface area (Å²) >= 11 is 0. The molecular weight excluding hydrogens is 418 g/mol.